The second-order valence-corrected chi connectivity index (χ2v) is 2.54. The number of hydrogen-bond donors (Lipinski definition) is 6. The van der Waals surface area contributed by atoms with Gasteiger partial charge in [0.05, 0.1) is 8.41 Å². The molecule has 0 bridgehead atoms. The van der Waals surface area contributed by atoms with Gasteiger partial charge < -0.3 is 28.8 Å². The minimum Gasteiger partial charge on any atom is -0.511 e. The molecule has 0 aromatic heterocycles. The maximum Gasteiger partial charge on any atom is 0.761 e. The van der Waals surface area contributed by atoms with Crippen LogP contribution in [0.1, 0.15) is 0 Å². The van der Waals surface area contributed by atoms with Gasteiger partial charge in [0.1, 0.15) is 0 Å². The zero-order chi connectivity index (χ0) is 10.7. The first-order valence-electron chi connectivity index (χ1n) is 1.95. The largest absolute Gasteiger partial charge is 0.761 e. The lowest BCUT2D eigenvalue weighted by Gasteiger charge is -1.55. The molecule has 13 heteroatoms. The third-order valence-electron chi connectivity index (χ3n) is 0. The third kappa shape index (κ3) is 738. The van der Waals surface area contributed by atoms with E-state index >= 15 is 0 Å². The summed E-state index contributed by atoms with van der Waals surface area (Å²) in [4.78, 5) is 42.9. The van der Waals surface area contributed by atoms with Crippen molar-refractivity contribution in [2.45, 2.75) is 0 Å². The molecule has 78 valence electrons. The van der Waals surface area contributed by atoms with Crippen LogP contribution in [-0.4, -0.2) is 64.7 Å². The fourth-order valence-corrected chi connectivity index (χ4v) is 0. The Morgan fingerprint density at radius 3 is 0.538 bits per heavy atom. The Balaban J connectivity index is -0.0000000450. The van der Waals surface area contributed by atoms with Crippen LogP contribution in [0.2, 0.25) is 0 Å². The summed E-state index contributed by atoms with van der Waals surface area (Å²) >= 11 is 0. The van der Waals surface area contributed by atoms with E-state index in [0.29, 0.717) is 0 Å². The summed E-state index contributed by atoms with van der Waals surface area (Å²) in [6.45, 7) is 0. The molecular weight excluding hydrogens is 239 g/mol. The number of hydrogen-bond acceptors (Lipinski definition) is 3. The van der Waals surface area contributed by atoms with Crippen LogP contribution in [0.4, 0.5) is 0 Å². The summed E-state index contributed by atoms with van der Waals surface area (Å²) in [5.74, 6) is 0. The van der Waals surface area contributed by atoms with Gasteiger partial charge in [0.25, 0.3) is 0 Å². The molecule has 0 rings (SSSR count). The molecule has 0 saturated heterocycles. The van der Waals surface area contributed by atoms with E-state index < -0.39 is 27.5 Å². The van der Waals surface area contributed by atoms with Gasteiger partial charge in [-0.15, -0.1) is 0 Å². The van der Waals surface area contributed by atoms with E-state index in [0.717, 1.165) is 0 Å². The Morgan fingerprint density at radius 2 is 0.538 bits per heavy atom. The molecule has 0 radical (unpaired) electrons. The molecule has 13 heavy (non-hydrogen) atoms. The number of rotatable bonds is 0. The van der Waals surface area contributed by atoms with E-state index in [1.165, 1.54) is 0 Å². The molecule has 0 heterocycles. The van der Waals surface area contributed by atoms with Crippen molar-refractivity contribution < 1.29 is 42.2 Å². The Labute approximate surface area is 78.8 Å². The standard InChI is InChI=1S/BH3.3H2O3Si/c;3*1-4(2)3/h1H3;3*1-2H. The summed E-state index contributed by atoms with van der Waals surface area (Å²) in [6.07, 6.45) is 0. The molecule has 0 fully saturated rings. The molecule has 0 aliphatic heterocycles. The Morgan fingerprint density at radius 1 is 0.538 bits per heavy atom. The summed E-state index contributed by atoms with van der Waals surface area (Å²) in [5.41, 5.74) is 0. The minimum absolute atomic E-state index is 0. The van der Waals surface area contributed by atoms with Gasteiger partial charge in [-0.05, 0) is 0 Å². The van der Waals surface area contributed by atoms with Gasteiger partial charge in [0, 0.05) is 0 Å². The Hall–Kier alpha value is -1.08. The van der Waals surface area contributed by atoms with Crippen LogP contribution in [-0.2, 0) is 13.4 Å². The van der Waals surface area contributed by atoms with Crippen molar-refractivity contribution in [3.63, 3.8) is 0 Å². The van der Waals surface area contributed by atoms with Gasteiger partial charge in [0.2, 0.25) is 0 Å². The van der Waals surface area contributed by atoms with Crippen molar-refractivity contribution in [2.24, 2.45) is 0 Å². The normalized spacial score (nSPS) is 5.54. The summed E-state index contributed by atoms with van der Waals surface area (Å²) < 4.78 is 26.2. The monoisotopic (exact) mass is 248 g/mol. The average Bonchev–Trinajstić information content (AvgIpc) is 1.54. The quantitative estimate of drug-likeness (QED) is 0.228. The Kier molecular flexibility index (Phi) is 29.9. The van der Waals surface area contributed by atoms with Gasteiger partial charge in [-0.25, -0.2) is 0 Å². The summed E-state index contributed by atoms with van der Waals surface area (Å²) in [5, 5.41) is 0. The van der Waals surface area contributed by atoms with Gasteiger partial charge in [-0.2, -0.15) is 0 Å². The molecule has 9 nitrogen and oxygen atoms in total. The highest BCUT2D eigenvalue weighted by Crippen LogP contribution is 1.27. The molecule has 0 spiro atoms. The topological polar surface area (TPSA) is 173 Å². The SMILES string of the molecule is B.O=[Si](O)O.O=[Si](O)O.O=[Si](O)O. The first-order chi connectivity index (χ1) is 5.20. The van der Waals surface area contributed by atoms with Crippen molar-refractivity contribution >= 4 is 35.9 Å². The fourth-order valence-electron chi connectivity index (χ4n) is 0. The molecule has 0 amide bonds. The van der Waals surface area contributed by atoms with Crippen LogP contribution in [0.3, 0.4) is 0 Å². The van der Waals surface area contributed by atoms with Crippen LogP contribution in [0.5, 0.6) is 0 Å². The molecule has 0 aliphatic rings. The molecule has 0 aromatic rings. The minimum atomic E-state index is -3.13. The van der Waals surface area contributed by atoms with Gasteiger partial charge in [-0.1, -0.05) is 0 Å². The van der Waals surface area contributed by atoms with Crippen molar-refractivity contribution in [1.29, 1.82) is 0 Å². The lowest BCUT2D eigenvalue weighted by atomic mass is 10.8. The van der Waals surface area contributed by atoms with E-state index in [4.69, 9.17) is 42.2 Å². The molecule has 0 unspecified atom stereocenters. The van der Waals surface area contributed by atoms with Gasteiger partial charge in [-0.3, -0.25) is 13.4 Å². The van der Waals surface area contributed by atoms with Crippen LogP contribution < -0.4 is 0 Å². The zero-order valence-electron chi connectivity index (χ0n) is 5.41. The summed E-state index contributed by atoms with van der Waals surface area (Å²) in [7, 11) is -9.39. The van der Waals surface area contributed by atoms with Gasteiger partial charge >= 0.3 is 27.5 Å². The first-order valence-corrected chi connectivity index (χ1v) is 5.86. The van der Waals surface area contributed by atoms with E-state index in [2.05, 4.69) is 0 Å². The van der Waals surface area contributed by atoms with E-state index in [1.54, 1.807) is 0 Å². The van der Waals surface area contributed by atoms with Crippen molar-refractivity contribution in [2.75, 3.05) is 0 Å². The van der Waals surface area contributed by atoms with Crippen LogP contribution in [0, 0.1) is 0 Å². The molecular formula is H9BO9Si3. The fraction of sp³-hybridized carbons (Fsp3) is 0. The van der Waals surface area contributed by atoms with Crippen molar-refractivity contribution in [3.8, 4) is 0 Å². The second kappa shape index (κ2) is 17.1. The Bertz CT molecular complexity index is 112. The van der Waals surface area contributed by atoms with E-state index in [-0.39, 0.29) is 8.41 Å². The highest BCUT2D eigenvalue weighted by molar-refractivity contribution is 6.22. The highest BCUT2D eigenvalue weighted by atomic mass is 28.3. The average molecular weight is 248 g/mol. The summed E-state index contributed by atoms with van der Waals surface area (Å²) in [6, 6.07) is 0. The highest BCUT2D eigenvalue weighted by Gasteiger charge is 1.85. The van der Waals surface area contributed by atoms with Crippen LogP contribution in [0.15, 0.2) is 0 Å². The van der Waals surface area contributed by atoms with Gasteiger partial charge in [0.15, 0.2) is 0 Å². The zero-order valence-corrected chi connectivity index (χ0v) is 8.41. The predicted molar refractivity (Wildman–Crippen MR) is 42.6 cm³/mol. The smallest absolute Gasteiger partial charge is 0.511 e. The molecule has 0 saturated carbocycles. The van der Waals surface area contributed by atoms with Crippen LogP contribution in [0.25, 0.3) is 0 Å². The maximum atomic E-state index is 8.74. The van der Waals surface area contributed by atoms with Crippen molar-refractivity contribution in [1.82, 2.24) is 0 Å². The van der Waals surface area contributed by atoms with E-state index in [9.17, 15) is 0 Å². The van der Waals surface area contributed by atoms with Crippen molar-refractivity contribution in [3.05, 3.63) is 0 Å². The lowest BCUT2D eigenvalue weighted by Crippen LogP contribution is -1.90. The van der Waals surface area contributed by atoms with E-state index in [1.807, 2.05) is 0 Å². The molecule has 0 aliphatic carbocycles. The molecule has 6 N–H and O–H groups in total. The predicted octanol–water partition coefficient (Wildman–Crippen LogP) is -6.02. The van der Waals surface area contributed by atoms with Crippen LogP contribution >= 0.6 is 0 Å². The molecule has 0 aromatic carbocycles. The lowest BCUT2D eigenvalue weighted by molar-refractivity contribution is 0.328. The molecule has 0 atom stereocenters. The maximum absolute atomic E-state index is 8.74. The third-order valence-corrected chi connectivity index (χ3v) is 0. The first kappa shape index (κ1) is 22.7. The second-order valence-electron chi connectivity index (χ2n) is 0.848.